The van der Waals surface area contributed by atoms with E-state index < -0.39 is 0 Å². The Morgan fingerprint density at radius 1 is 1.12 bits per heavy atom. The van der Waals surface area contributed by atoms with Crippen molar-refractivity contribution < 1.29 is 4.79 Å². The molecule has 0 bridgehead atoms. The summed E-state index contributed by atoms with van der Waals surface area (Å²) in [6.07, 6.45) is 4.52. The lowest BCUT2D eigenvalue weighted by molar-refractivity contribution is -0.121. The van der Waals surface area contributed by atoms with Crippen LogP contribution in [0.25, 0.3) is 0 Å². The molecule has 5 heteroatoms. The smallest absolute Gasteiger partial charge is 0.241 e. The number of anilines is 1. The molecule has 132 valence electrons. The first-order valence-electron chi connectivity index (χ1n) is 9.13. The minimum atomic E-state index is 0.188. The van der Waals surface area contributed by atoms with Crippen molar-refractivity contribution in [2.75, 3.05) is 24.5 Å². The summed E-state index contributed by atoms with van der Waals surface area (Å²) in [6, 6.07) is 6.35. The standard InChI is InChI=1S/C20H26N4O/c1-14-8-15(2)10-18(9-14)24-7-6-23(13-19(24)25)12-17-11-21-22(3)20(17)16-4-5-16/h8-11,16H,4-7,12-13H2,1-3H3. The molecule has 0 unspecified atom stereocenters. The van der Waals surface area contributed by atoms with E-state index >= 15 is 0 Å². The fourth-order valence-corrected chi connectivity index (χ4v) is 3.97. The van der Waals surface area contributed by atoms with Crippen LogP contribution in [0.15, 0.2) is 24.4 Å². The van der Waals surface area contributed by atoms with Gasteiger partial charge in [0, 0.05) is 49.5 Å². The van der Waals surface area contributed by atoms with Gasteiger partial charge in [0.2, 0.25) is 5.91 Å². The third-order valence-electron chi connectivity index (χ3n) is 5.24. The number of aromatic nitrogens is 2. The van der Waals surface area contributed by atoms with Gasteiger partial charge in [-0.05, 0) is 49.9 Å². The van der Waals surface area contributed by atoms with Crippen LogP contribution in [0.5, 0.6) is 0 Å². The van der Waals surface area contributed by atoms with Crippen molar-refractivity contribution in [3.63, 3.8) is 0 Å². The van der Waals surface area contributed by atoms with Crippen molar-refractivity contribution in [3.05, 3.63) is 46.8 Å². The minimum Gasteiger partial charge on any atom is -0.310 e. The number of carbonyl (C=O) groups excluding carboxylic acids is 1. The molecule has 0 atom stereocenters. The topological polar surface area (TPSA) is 41.4 Å². The van der Waals surface area contributed by atoms with Crippen molar-refractivity contribution in [1.82, 2.24) is 14.7 Å². The van der Waals surface area contributed by atoms with Gasteiger partial charge in [-0.15, -0.1) is 0 Å². The molecule has 1 aromatic heterocycles. The second-order valence-electron chi connectivity index (χ2n) is 7.55. The Morgan fingerprint density at radius 3 is 2.48 bits per heavy atom. The predicted octanol–water partition coefficient (Wildman–Crippen LogP) is 2.76. The van der Waals surface area contributed by atoms with Gasteiger partial charge in [-0.25, -0.2) is 0 Å². The number of piperazine rings is 1. The first-order chi connectivity index (χ1) is 12.0. The summed E-state index contributed by atoms with van der Waals surface area (Å²) < 4.78 is 2.01. The van der Waals surface area contributed by atoms with E-state index in [0.717, 1.165) is 25.3 Å². The van der Waals surface area contributed by atoms with E-state index in [0.29, 0.717) is 12.5 Å². The lowest BCUT2D eigenvalue weighted by Gasteiger charge is -2.34. The molecule has 2 heterocycles. The number of hydrogen-bond acceptors (Lipinski definition) is 3. The van der Waals surface area contributed by atoms with Crippen LogP contribution in [-0.2, 0) is 18.4 Å². The number of amides is 1. The van der Waals surface area contributed by atoms with Crippen LogP contribution in [-0.4, -0.2) is 40.2 Å². The average Bonchev–Trinajstić information content (AvgIpc) is 3.31. The maximum atomic E-state index is 12.7. The lowest BCUT2D eigenvalue weighted by atomic mass is 10.1. The van der Waals surface area contributed by atoms with Crippen LogP contribution in [0.2, 0.25) is 0 Å². The summed E-state index contributed by atoms with van der Waals surface area (Å²) in [5.41, 5.74) is 6.09. The molecular weight excluding hydrogens is 312 g/mol. The van der Waals surface area contributed by atoms with Crippen LogP contribution in [0.1, 0.15) is 41.1 Å². The van der Waals surface area contributed by atoms with Crippen molar-refractivity contribution in [3.8, 4) is 0 Å². The molecule has 0 N–H and O–H groups in total. The highest BCUT2D eigenvalue weighted by Crippen LogP contribution is 2.41. The van der Waals surface area contributed by atoms with E-state index in [9.17, 15) is 4.79 Å². The van der Waals surface area contributed by atoms with Crippen LogP contribution in [0.3, 0.4) is 0 Å². The molecule has 1 amide bonds. The zero-order valence-electron chi connectivity index (χ0n) is 15.3. The van der Waals surface area contributed by atoms with E-state index in [4.69, 9.17) is 0 Å². The van der Waals surface area contributed by atoms with Gasteiger partial charge in [0.05, 0.1) is 12.7 Å². The van der Waals surface area contributed by atoms with Gasteiger partial charge in [0.15, 0.2) is 0 Å². The Bertz CT molecular complexity index is 786. The second-order valence-corrected chi connectivity index (χ2v) is 7.55. The van der Waals surface area contributed by atoms with E-state index in [-0.39, 0.29) is 5.91 Å². The predicted molar refractivity (Wildman–Crippen MR) is 98.7 cm³/mol. The number of rotatable bonds is 4. The van der Waals surface area contributed by atoms with Gasteiger partial charge < -0.3 is 4.90 Å². The highest BCUT2D eigenvalue weighted by Gasteiger charge is 2.31. The molecular formula is C20H26N4O. The summed E-state index contributed by atoms with van der Waals surface area (Å²) in [4.78, 5) is 16.9. The Hall–Kier alpha value is -2.14. The van der Waals surface area contributed by atoms with Crippen LogP contribution in [0.4, 0.5) is 5.69 Å². The fourth-order valence-electron chi connectivity index (χ4n) is 3.97. The van der Waals surface area contributed by atoms with Gasteiger partial charge >= 0.3 is 0 Å². The molecule has 2 fully saturated rings. The monoisotopic (exact) mass is 338 g/mol. The van der Waals surface area contributed by atoms with Gasteiger partial charge in [-0.3, -0.25) is 14.4 Å². The third-order valence-corrected chi connectivity index (χ3v) is 5.24. The zero-order valence-corrected chi connectivity index (χ0v) is 15.3. The molecule has 25 heavy (non-hydrogen) atoms. The highest BCUT2D eigenvalue weighted by atomic mass is 16.2. The summed E-state index contributed by atoms with van der Waals surface area (Å²) in [5, 5.41) is 4.44. The average molecular weight is 338 g/mol. The Morgan fingerprint density at radius 2 is 1.84 bits per heavy atom. The Kier molecular flexibility index (Phi) is 4.12. The molecule has 1 aliphatic heterocycles. The van der Waals surface area contributed by atoms with E-state index in [1.807, 2.05) is 22.8 Å². The molecule has 5 nitrogen and oxygen atoms in total. The van der Waals surface area contributed by atoms with Crippen LogP contribution >= 0.6 is 0 Å². The fraction of sp³-hybridized carbons (Fsp3) is 0.500. The minimum absolute atomic E-state index is 0.188. The number of aryl methyl sites for hydroxylation is 3. The van der Waals surface area contributed by atoms with Crippen molar-refractivity contribution >= 4 is 11.6 Å². The summed E-state index contributed by atoms with van der Waals surface area (Å²) >= 11 is 0. The molecule has 2 aliphatic rings. The number of hydrogen-bond donors (Lipinski definition) is 0. The van der Waals surface area contributed by atoms with Crippen molar-refractivity contribution in [2.45, 2.75) is 39.2 Å². The number of benzene rings is 1. The first-order valence-corrected chi connectivity index (χ1v) is 9.13. The Labute approximate surface area is 149 Å². The lowest BCUT2D eigenvalue weighted by Crippen LogP contribution is -2.50. The summed E-state index contributed by atoms with van der Waals surface area (Å²) in [5.74, 6) is 0.864. The van der Waals surface area contributed by atoms with Gasteiger partial charge in [-0.1, -0.05) is 6.07 Å². The zero-order chi connectivity index (χ0) is 17.6. The van der Waals surface area contributed by atoms with Gasteiger partial charge in [0.1, 0.15) is 0 Å². The molecule has 1 saturated heterocycles. The van der Waals surface area contributed by atoms with E-state index in [1.54, 1.807) is 0 Å². The largest absolute Gasteiger partial charge is 0.310 e. The molecule has 2 aromatic rings. The van der Waals surface area contributed by atoms with Crippen LogP contribution < -0.4 is 4.90 Å². The van der Waals surface area contributed by atoms with E-state index in [2.05, 4.69) is 42.0 Å². The number of nitrogens with zero attached hydrogens (tertiary/aromatic N) is 4. The van der Waals surface area contributed by atoms with Crippen molar-refractivity contribution in [1.29, 1.82) is 0 Å². The molecule has 1 aromatic carbocycles. The molecule has 1 saturated carbocycles. The number of carbonyl (C=O) groups is 1. The normalized spacial score (nSPS) is 18.8. The van der Waals surface area contributed by atoms with Gasteiger partial charge in [0.25, 0.3) is 0 Å². The van der Waals surface area contributed by atoms with E-state index in [1.165, 1.54) is 35.2 Å². The SMILES string of the molecule is Cc1cc(C)cc(N2CCN(Cc3cnn(C)c3C3CC3)CC2=O)c1. The molecule has 0 spiro atoms. The maximum Gasteiger partial charge on any atom is 0.241 e. The Balaban J connectivity index is 1.46. The molecule has 4 rings (SSSR count). The van der Waals surface area contributed by atoms with Gasteiger partial charge in [-0.2, -0.15) is 5.10 Å². The highest BCUT2D eigenvalue weighted by molar-refractivity contribution is 5.95. The van der Waals surface area contributed by atoms with Crippen LogP contribution in [0, 0.1) is 13.8 Å². The second kappa shape index (κ2) is 6.30. The summed E-state index contributed by atoms with van der Waals surface area (Å²) in [6.45, 7) is 7.12. The molecule has 1 aliphatic carbocycles. The third kappa shape index (κ3) is 3.33. The summed E-state index contributed by atoms with van der Waals surface area (Å²) in [7, 11) is 2.03. The first kappa shape index (κ1) is 16.3. The maximum absolute atomic E-state index is 12.7. The quantitative estimate of drug-likeness (QED) is 0.861. The molecule has 0 radical (unpaired) electrons. The van der Waals surface area contributed by atoms with Crippen molar-refractivity contribution in [2.24, 2.45) is 7.05 Å².